The number of piperidine rings is 1. The topological polar surface area (TPSA) is 21.3 Å². The molecule has 0 radical (unpaired) electrons. The Hall–Kier alpha value is -0.150. The van der Waals surface area contributed by atoms with Gasteiger partial charge in [0, 0.05) is 6.54 Å². The Morgan fingerprint density at radius 2 is 2.50 bits per heavy atom. The van der Waals surface area contributed by atoms with Crippen LogP contribution in [0.3, 0.4) is 0 Å². The van der Waals surface area contributed by atoms with E-state index < -0.39 is 0 Å². The molecule has 0 saturated carbocycles. The summed E-state index contributed by atoms with van der Waals surface area (Å²) >= 11 is 0. The van der Waals surface area contributed by atoms with Gasteiger partial charge in [0.15, 0.2) is 0 Å². The molecule has 1 saturated heterocycles. The Balaban J connectivity index is 2.02. The molecule has 1 atom stereocenters. The molecule has 60 valence electrons. The predicted molar refractivity (Wildman–Crippen MR) is 37.8 cm³/mol. The second-order valence-electron chi connectivity index (χ2n) is 2.53. The molecule has 0 aromatic carbocycles. The average Bonchev–Trinajstić information content (AvgIpc) is 2.03. The van der Waals surface area contributed by atoms with Gasteiger partial charge in [-0.1, -0.05) is 0 Å². The number of hydrogen-bond acceptors (Lipinski definition) is 2. The van der Waals surface area contributed by atoms with E-state index in [1.807, 2.05) is 0 Å². The van der Waals surface area contributed by atoms with Crippen molar-refractivity contribution in [3.8, 4) is 0 Å². The molecule has 0 aliphatic carbocycles. The first-order valence-electron chi connectivity index (χ1n) is 3.82. The number of alkyl halides is 1. The van der Waals surface area contributed by atoms with Crippen molar-refractivity contribution >= 4 is 0 Å². The summed E-state index contributed by atoms with van der Waals surface area (Å²) in [5.41, 5.74) is 0. The highest BCUT2D eigenvalue weighted by Gasteiger charge is 2.11. The van der Waals surface area contributed by atoms with Crippen LogP contribution in [-0.4, -0.2) is 32.5 Å². The molecule has 0 aromatic rings. The monoisotopic (exact) mass is 147 g/mol. The Bertz CT molecular complexity index is 83.7. The summed E-state index contributed by atoms with van der Waals surface area (Å²) in [5, 5.41) is 3.20. The first-order chi connectivity index (χ1) is 4.93. The molecule has 1 fully saturated rings. The zero-order valence-corrected chi connectivity index (χ0v) is 6.11. The summed E-state index contributed by atoms with van der Waals surface area (Å²) in [4.78, 5) is 0. The van der Waals surface area contributed by atoms with E-state index in [2.05, 4.69) is 5.32 Å². The zero-order valence-electron chi connectivity index (χ0n) is 6.11. The van der Waals surface area contributed by atoms with E-state index in [1.165, 1.54) is 0 Å². The fraction of sp³-hybridized carbons (Fsp3) is 1.00. The minimum absolute atomic E-state index is 0.254. The third-order valence-corrected chi connectivity index (χ3v) is 1.68. The third kappa shape index (κ3) is 2.62. The standard InChI is InChI=1S/C7H14FNO/c8-3-5-10-7-2-1-4-9-6-7/h7,9H,1-6H2. The Morgan fingerprint density at radius 3 is 3.10 bits per heavy atom. The summed E-state index contributed by atoms with van der Waals surface area (Å²) in [5.74, 6) is 0. The van der Waals surface area contributed by atoms with Gasteiger partial charge in [-0.3, -0.25) is 0 Å². The minimum atomic E-state index is -0.365. The summed E-state index contributed by atoms with van der Waals surface area (Å²) < 4.78 is 16.8. The average molecular weight is 147 g/mol. The molecular weight excluding hydrogens is 133 g/mol. The van der Waals surface area contributed by atoms with Crippen molar-refractivity contribution in [2.24, 2.45) is 0 Å². The Morgan fingerprint density at radius 1 is 1.60 bits per heavy atom. The number of nitrogens with one attached hydrogen (secondary N) is 1. The smallest absolute Gasteiger partial charge is 0.113 e. The lowest BCUT2D eigenvalue weighted by molar-refractivity contribution is 0.0295. The molecule has 1 unspecified atom stereocenters. The zero-order chi connectivity index (χ0) is 7.23. The van der Waals surface area contributed by atoms with Crippen LogP contribution in [0.2, 0.25) is 0 Å². The van der Waals surface area contributed by atoms with Gasteiger partial charge in [-0.2, -0.15) is 0 Å². The van der Waals surface area contributed by atoms with Gasteiger partial charge >= 0.3 is 0 Å². The normalized spacial score (nSPS) is 26.7. The lowest BCUT2D eigenvalue weighted by Crippen LogP contribution is -2.35. The maximum atomic E-state index is 11.6. The maximum absolute atomic E-state index is 11.6. The van der Waals surface area contributed by atoms with Crippen LogP contribution in [0.1, 0.15) is 12.8 Å². The molecule has 0 bridgehead atoms. The van der Waals surface area contributed by atoms with Crippen LogP contribution in [0, 0.1) is 0 Å². The largest absolute Gasteiger partial charge is 0.374 e. The lowest BCUT2D eigenvalue weighted by Gasteiger charge is -2.22. The first-order valence-corrected chi connectivity index (χ1v) is 3.82. The van der Waals surface area contributed by atoms with Crippen molar-refractivity contribution in [3.05, 3.63) is 0 Å². The van der Waals surface area contributed by atoms with Crippen molar-refractivity contribution in [1.82, 2.24) is 5.32 Å². The molecule has 2 nitrogen and oxygen atoms in total. The maximum Gasteiger partial charge on any atom is 0.113 e. The minimum Gasteiger partial charge on any atom is -0.374 e. The molecule has 0 aromatic heterocycles. The fourth-order valence-electron chi connectivity index (χ4n) is 1.17. The van der Waals surface area contributed by atoms with Gasteiger partial charge in [0.05, 0.1) is 12.7 Å². The lowest BCUT2D eigenvalue weighted by atomic mass is 10.1. The summed E-state index contributed by atoms with van der Waals surface area (Å²) in [6.45, 7) is 1.86. The number of hydrogen-bond donors (Lipinski definition) is 1. The first kappa shape index (κ1) is 7.95. The number of halogens is 1. The summed E-state index contributed by atoms with van der Waals surface area (Å²) in [6.07, 6.45) is 2.48. The molecule has 1 aliphatic rings. The van der Waals surface area contributed by atoms with E-state index in [4.69, 9.17) is 4.74 Å². The quantitative estimate of drug-likeness (QED) is 0.635. The van der Waals surface area contributed by atoms with Crippen LogP contribution in [-0.2, 0) is 4.74 Å². The highest BCUT2D eigenvalue weighted by atomic mass is 19.1. The van der Waals surface area contributed by atoms with Crippen molar-refractivity contribution < 1.29 is 9.13 Å². The van der Waals surface area contributed by atoms with E-state index in [9.17, 15) is 4.39 Å². The predicted octanol–water partition coefficient (Wildman–Crippen LogP) is 0.724. The fourth-order valence-corrected chi connectivity index (χ4v) is 1.17. The summed E-state index contributed by atoms with van der Waals surface area (Å²) in [7, 11) is 0. The van der Waals surface area contributed by atoms with E-state index >= 15 is 0 Å². The molecule has 1 aliphatic heterocycles. The van der Waals surface area contributed by atoms with Gasteiger partial charge in [-0.25, -0.2) is 4.39 Å². The van der Waals surface area contributed by atoms with Gasteiger partial charge in [0.25, 0.3) is 0 Å². The second kappa shape index (κ2) is 4.63. The highest BCUT2D eigenvalue weighted by molar-refractivity contribution is 4.68. The van der Waals surface area contributed by atoms with Gasteiger partial charge < -0.3 is 10.1 Å². The van der Waals surface area contributed by atoms with E-state index in [0.717, 1.165) is 25.9 Å². The molecule has 10 heavy (non-hydrogen) atoms. The van der Waals surface area contributed by atoms with E-state index in [1.54, 1.807) is 0 Å². The Labute approximate surface area is 60.8 Å². The van der Waals surface area contributed by atoms with Gasteiger partial charge in [0.1, 0.15) is 6.67 Å². The van der Waals surface area contributed by atoms with Crippen molar-refractivity contribution in [2.45, 2.75) is 18.9 Å². The third-order valence-electron chi connectivity index (χ3n) is 1.68. The van der Waals surface area contributed by atoms with Crippen LogP contribution < -0.4 is 5.32 Å². The van der Waals surface area contributed by atoms with E-state index in [0.29, 0.717) is 0 Å². The molecule has 1 N–H and O–H groups in total. The van der Waals surface area contributed by atoms with Crippen LogP contribution in [0.4, 0.5) is 4.39 Å². The number of ether oxygens (including phenoxy) is 1. The highest BCUT2D eigenvalue weighted by Crippen LogP contribution is 2.04. The molecule has 1 rings (SSSR count). The molecule has 1 heterocycles. The molecular formula is C7H14FNO. The van der Waals surface area contributed by atoms with Crippen molar-refractivity contribution in [3.63, 3.8) is 0 Å². The van der Waals surface area contributed by atoms with Crippen LogP contribution in [0.15, 0.2) is 0 Å². The summed E-state index contributed by atoms with van der Waals surface area (Å²) in [6, 6.07) is 0. The van der Waals surface area contributed by atoms with Crippen molar-refractivity contribution in [1.29, 1.82) is 0 Å². The second-order valence-corrected chi connectivity index (χ2v) is 2.53. The van der Waals surface area contributed by atoms with Gasteiger partial charge in [-0.05, 0) is 19.4 Å². The van der Waals surface area contributed by atoms with Crippen LogP contribution >= 0.6 is 0 Å². The van der Waals surface area contributed by atoms with Gasteiger partial charge in [0.2, 0.25) is 0 Å². The van der Waals surface area contributed by atoms with Gasteiger partial charge in [-0.15, -0.1) is 0 Å². The molecule has 3 heteroatoms. The van der Waals surface area contributed by atoms with Crippen LogP contribution in [0.25, 0.3) is 0 Å². The van der Waals surface area contributed by atoms with E-state index in [-0.39, 0.29) is 19.4 Å². The Kier molecular flexibility index (Phi) is 3.68. The molecule has 0 amide bonds. The van der Waals surface area contributed by atoms with Crippen LogP contribution in [0.5, 0.6) is 0 Å². The number of rotatable bonds is 3. The SMILES string of the molecule is FCCOC1CCCNC1. The van der Waals surface area contributed by atoms with Crippen molar-refractivity contribution in [2.75, 3.05) is 26.4 Å². The molecule has 0 spiro atoms.